The summed E-state index contributed by atoms with van der Waals surface area (Å²) in [4.78, 5) is 41.7. The van der Waals surface area contributed by atoms with Crippen LogP contribution >= 0.6 is 22.6 Å². The van der Waals surface area contributed by atoms with Crippen LogP contribution in [0, 0.1) is 9.49 Å². The van der Waals surface area contributed by atoms with Crippen LogP contribution in [-0.4, -0.2) is 129 Å². The summed E-state index contributed by atoms with van der Waals surface area (Å²) in [5, 5.41) is 3.15. The van der Waals surface area contributed by atoms with Gasteiger partial charge < -0.3 is 62.3 Å². The van der Waals surface area contributed by atoms with Crippen molar-refractivity contribution in [1.82, 2.24) is 15.1 Å². The van der Waals surface area contributed by atoms with Crippen LogP contribution in [-0.2, 0) is 57.7 Å². The molecule has 2 aliphatic rings. The number of esters is 3. The number of halogens is 1. The summed E-state index contributed by atoms with van der Waals surface area (Å²) in [7, 11) is 8.27. The van der Waals surface area contributed by atoms with Crippen molar-refractivity contribution in [2.75, 3.05) is 94.9 Å². The van der Waals surface area contributed by atoms with E-state index in [1.165, 1.54) is 15.2 Å². The third kappa shape index (κ3) is 26.0. The average Bonchev–Trinajstić information content (AvgIpc) is 0.804. The molecule has 0 aromatic heterocycles. The van der Waals surface area contributed by atoms with E-state index >= 15 is 0 Å². The predicted octanol–water partition coefficient (Wildman–Crippen LogP) is 14.7. The van der Waals surface area contributed by atoms with E-state index < -0.39 is 0 Å². The van der Waals surface area contributed by atoms with Gasteiger partial charge >= 0.3 is 17.9 Å². The van der Waals surface area contributed by atoms with E-state index in [4.69, 9.17) is 52.1 Å². The Labute approximate surface area is 571 Å². The molecule has 94 heavy (non-hydrogen) atoms. The maximum absolute atomic E-state index is 13.1. The van der Waals surface area contributed by atoms with Crippen LogP contribution in [0.5, 0.6) is 34.5 Å². The molecule has 0 spiro atoms. The number of carbonyl (C=O) groups excluding carboxylic acids is 3. The van der Waals surface area contributed by atoms with Crippen LogP contribution in [0.4, 0.5) is 0 Å². The molecule has 6 aromatic carbocycles. The van der Waals surface area contributed by atoms with Crippen LogP contribution in [0.1, 0.15) is 107 Å². The zero-order chi connectivity index (χ0) is 68.0. The van der Waals surface area contributed by atoms with Crippen molar-refractivity contribution in [2.24, 2.45) is 5.92 Å². The first kappa shape index (κ1) is 76.7. The fourth-order valence-corrected chi connectivity index (χ4v) is 11.0. The molecule has 8 rings (SSSR count). The molecule has 0 amide bonds. The molecule has 2 heterocycles. The van der Waals surface area contributed by atoms with Gasteiger partial charge in [0.05, 0.1) is 72.5 Å². The predicted molar refractivity (Wildman–Crippen MR) is 378 cm³/mol. The highest BCUT2D eigenvalue weighted by atomic mass is 127. The van der Waals surface area contributed by atoms with Crippen LogP contribution in [0.3, 0.4) is 0 Å². The third-order valence-electron chi connectivity index (χ3n) is 15.5. The van der Waals surface area contributed by atoms with Crippen molar-refractivity contribution in [3.63, 3.8) is 0 Å². The quantitative estimate of drug-likeness (QED) is 0.0148. The Hall–Kier alpha value is -8.04. The smallest absolute Gasteiger partial charge is 0.336 e. The fourth-order valence-electron chi connectivity index (χ4n) is 10.5. The molecule has 2 aliphatic heterocycles. The minimum atomic E-state index is -0.322. The zero-order valence-corrected chi connectivity index (χ0v) is 59.1. The Balaban J connectivity index is 0.000000242. The van der Waals surface area contributed by atoms with E-state index in [2.05, 4.69) is 75.8 Å². The minimum Gasteiger partial charge on any atom is -0.497 e. The first-order chi connectivity index (χ1) is 45.6. The molecule has 1 saturated heterocycles. The van der Waals surface area contributed by atoms with Crippen LogP contribution in [0.15, 0.2) is 181 Å². The van der Waals surface area contributed by atoms with Crippen molar-refractivity contribution in [3.8, 4) is 34.5 Å². The Bertz CT molecular complexity index is 3280. The first-order valence-electron chi connectivity index (χ1n) is 32.1. The number of allylic oxidation sites excluding steroid dienone is 3. The number of nitrogens with one attached hydrogen (secondary N) is 1. The highest BCUT2D eigenvalue weighted by molar-refractivity contribution is 14.1. The molecular formula is C76H98IN3O14. The number of likely N-dealkylation sites (tertiary alicyclic amines) is 1. The lowest BCUT2D eigenvalue weighted by molar-refractivity contribution is -0.153. The SMILES string of the molecule is CCCCOc1cccc([C@H]2CCN(Cc3ccc(OC)cc3)[C@@H](C)[C@H]2C(=O)OCC)c1.CCOC(=O)/C=C(/C)NCc1ccc(OC)cc1.CCOC(=O)C1=C(C)N(Cc2ccc(OC)cc2)C=CC1c1cccc(OCCOC)c1.COCCOc1cccc(I)c1. The molecule has 1 N–H and O–H groups in total. The molecule has 1 unspecified atom stereocenters. The van der Waals surface area contributed by atoms with Gasteiger partial charge in [0.2, 0.25) is 0 Å². The first-order valence-corrected chi connectivity index (χ1v) is 33.2. The van der Waals surface area contributed by atoms with E-state index in [9.17, 15) is 14.4 Å². The van der Waals surface area contributed by atoms with Gasteiger partial charge in [0.25, 0.3) is 0 Å². The summed E-state index contributed by atoms with van der Waals surface area (Å²) < 4.78 is 59.6. The second-order valence-corrected chi connectivity index (χ2v) is 23.3. The number of nitrogens with zero attached hydrogens (tertiary/aromatic N) is 2. The molecule has 4 atom stereocenters. The minimum absolute atomic E-state index is 0.0690. The van der Waals surface area contributed by atoms with Gasteiger partial charge in [0, 0.05) is 79.0 Å². The van der Waals surface area contributed by atoms with Gasteiger partial charge in [-0.05, 0) is 190 Å². The summed E-state index contributed by atoms with van der Waals surface area (Å²) in [6.07, 6.45) is 8.57. The molecule has 0 bridgehead atoms. The number of hydrogen-bond donors (Lipinski definition) is 1. The topological polar surface area (TPSA) is 171 Å². The summed E-state index contributed by atoms with van der Waals surface area (Å²) in [5.74, 6) is 3.98. The Morgan fingerprint density at radius 2 is 1.10 bits per heavy atom. The van der Waals surface area contributed by atoms with Gasteiger partial charge in [0.1, 0.15) is 47.7 Å². The van der Waals surface area contributed by atoms with E-state index in [1.54, 1.807) is 42.5 Å². The number of carbonyl (C=O) groups is 3. The van der Waals surface area contributed by atoms with E-state index in [0.717, 1.165) is 107 Å². The average molecular weight is 1400 g/mol. The summed E-state index contributed by atoms with van der Waals surface area (Å²) in [5.41, 5.74) is 7.87. The van der Waals surface area contributed by atoms with Crippen LogP contribution < -0.4 is 33.7 Å². The van der Waals surface area contributed by atoms with Gasteiger partial charge in [-0.25, -0.2) is 9.59 Å². The number of ether oxygens (including phenoxy) is 11. The maximum Gasteiger partial charge on any atom is 0.336 e. The van der Waals surface area contributed by atoms with Gasteiger partial charge in [-0.3, -0.25) is 9.69 Å². The monoisotopic (exact) mass is 1400 g/mol. The number of hydrogen-bond acceptors (Lipinski definition) is 17. The van der Waals surface area contributed by atoms with Crippen molar-refractivity contribution in [2.45, 2.75) is 105 Å². The zero-order valence-electron chi connectivity index (χ0n) is 57.0. The lowest BCUT2D eigenvalue weighted by atomic mass is 9.76. The number of unbranched alkanes of at least 4 members (excludes halogenated alkanes) is 1. The molecule has 508 valence electrons. The second-order valence-electron chi connectivity index (χ2n) is 22.0. The van der Waals surface area contributed by atoms with E-state index in [0.29, 0.717) is 64.9 Å². The maximum atomic E-state index is 13.1. The van der Waals surface area contributed by atoms with Gasteiger partial charge in [-0.1, -0.05) is 86.2 Å². The number of benzene rings is 6. The number of piperidine rings is 1. The lowest BCUT2D eigenvalue weighted by Crippen LogP contribution is -2.49. The normalized spacial score (nSPS) is 15.9. The van der Waals surface area contributed by atoms with Gasteiger partial charge in [-0.15, -0.1) is 0 Å². The Kier molecular flexibility index (Phi) is 35.1. The molecule has 0 aliphatic carbocycles. The van der Waals surface area contributed by atoms with Crippen molar-refractivity contribution < 1.29 is 66.5 Å². The Morgan fingerprint density at radius 1 is 0.585 bits per heavy atom. The lowest BCUT2D eigenvalue weighted by Gasteiger charge is -2.43. The largest absolute Gasteiger partial charge is 0.497 e. The molecule has 18 heteroatoms. The van der Waals surface area contributed by atoms with Crippen molar-refractivity contribution in [1.29, 1.82) is 0 Å². The highest BCUT2D eigenvalue weighted by Crippen LogP contribution is 2.40. The van der Waals surface area contributed by atoms with Crippen LogP contribution in [0.25, 0.3) is 0 Å². The van der Waals surface area contributed by atoms with Crippen LogP contribution in [0.2, 0.25) is 0 Å². The van der Waals surface area contributed by atoms with E-state index in [-0.39, 0.29) is 41.7 Å². The van der Waals surface area contributed by atoms with Gasteiger partial charge in [-0.2, -0.15) is 0 Å². The highest BCUT2D eigenvalue weighted by Gasteiger charge is 2.42. The standard InChI is InChI=1S/C27H37NO4.C26H31NO5.C14H19NO3.C9H11IO2/c1-5-7-17-32-24-10-8-9-22(18-24)25-15-16-28(20(3)26(25)27(29)31-6-2)19-21-11-13-23(30-4)14-12-21;1-5-31-26(28)25-19(2)27(18-20-9-11-22(30-4)12-10-20)14-13-24(25)21-7-6-8-23(17-21)32-16-15-29-3;1-4-18-14(16)9-11(2)15-10-12-5-7-13(17-3)8-6-12;1-11-5-6-12-9-4-2-3-8(10)7-9/h8-14,18,20,25-26H,5-7,15-17,19H2,1-4H3;6-14,17,24H,5,15-16,18H2,1-4H3;5-9,15H,4,10H2,1-3H3;2-4,7H,5-6H2,1H3/b;;11-9-;/t20-,25+,26+;;;/m0.../s1. The summed E-state index contributed by atoms with van der Waals surface area (Å²) >= 11 is 2.26. The van der Waals surface area contributed by atoms with E-state index in [1.807, 2.05) is 161 Å². The fraction of sp³-hybridized carbons (Fsp3) is 0.408. The van der Waals surface area contributed by atoms with Crippen molar-refractivity contribution >= 4 is 40.5 Å². The second kappa shape index (κ2) is 43.0. The molecule has 0 radical (unpaired) electrons. The molecule has 6 aromatic rings. The third-order valence-corrected chi connectivity index (χ3v) is 16.2. The molecular weight excluding hydrogens is 1310 g/mol. The molecule has 1 fully saturated rings. The molecule has 0 saturated carbocycles. The summed E-state index contributed by atoms with van der Waals surface area (Å²) in [6, 6.07) is 47.9. The number of methoxy groups -OCH3 is 5. The van der Waals surface area contributed by atoms with Gasteiger partial charge in [0.15, 0.2) is 0 Å². The summed E-state index contributed by atoms with van der Waals surface area (Å²) in [6.45, 7) is 20.7. The Morgan fingerprint density at radius 3 is 1.63 bits per heavy atom. The van der Waals surface area contributed by atoms with Crippen molar-refractivity contribution in [3.05, 3.63) is 212 Å². The molecule has 17 nitrogen and oxygen atoms in total. The number of rotatable bonds is 30.